The fourth-order valence-corrected chi connectivity index (χ4v) is 2.26. The summed E-state index contributed by atoms with van der Waals surface area (Å²) in [6.45, 7) is 5.77. The Balaban J connectivity index is 1.72. The van der Waals surface area contributed by atoms with Gasteiger partial charge in [0.05, 0.1) is 12.7 Å². The molecule has 1 aromatic rings. The third-order valence-electron chi connectivity index (χ3n) is 3.19. The van der Waals surface area contributed by atoms with E-state index in [1.807, 2.05) is 30.3 Å². The molecule has 0 saturated carbocycles. The van der Waals surface area contributed by atoms with Gasteiger partial charge < -0.3 is 14.8 Å². The van der Waals surface area contributed by atoms with E-state index in [0.29, 0.717) is 12.0 Å². The minimum Gasteiger partial charge on any atom is -0.493 e. The molecule has 0 radical (unpaired) electrons. The lowest BCUT2D eigenvalue weighted by molar-refractivity contribution is 0.0155. The summed E-state index contributed by atoms with van der Waals surface area (Å²) in [4.78, 5) is 0. The van der Waals surface area contributed by atoms with Crippen molar-refractivity contribution in [1.82, 2.24) is 5.32 Å². The molecule has 0 bridgehead atoms. The molecule has 1 aromatic carbocycles. The van der Waals surface area contributed by atoms with Crippen LogP contribution in [0.1, 0.15) is 19.8 Å². The summed E-state index contributed by atoms with van der Waals surface area (Å²) in [6.07, 6.45) is 2.53. The Labute approximate surface area is 109 Å². The molecule has 3 heteroatoms. The first-order chi connectivity index (χ1) is 8.88. The normalized spacial score (nSPS) is 23.8. The summed E-state index contributed by atoms with van der Waals surface area (Å²) >= 11 is 0. The standard InChI is InChI=1S/C15H23NO2/c1-2-8-17-15-9-13(10-16-11-15)12-18-14-6-4-3-5-7-14/h3-7,13,15-16H,2,8-12H2,1H3. The number of hydrogen-bond donors (Lipinski definition) is 1. The van der Waals surface area contributed by atoms with E-state index in [1.165, 1.54) is 0 Å². The van der Waals surface area contributed by atoms with Crippen LogP contribution >= 0.6 is 0 Å². The largest absolute Gasteiger partial charge is 0.493 e. The van der Waals surface area contributed by atoms with Crippen LogP contribution in [-0.2, 0) is 4.74 Å². The van der Waals surface area contributed by atoms with E-state index >= 15 is 0 Å². The molecule has 1 aliphatic heterocycles. The van der Waals surface area contributed by atoms with Crippen LogP contribution in [0.2, 0.25) is 0 Å². The highest BCUT2D eigenvalue weighted by Gasteiger charge is 2.22. The lowest BCUT2D eigenvalue weighted by Gasteiger charge is -2.29. The van der Waals surface area contributed by atoms with E-state index in [4.69, 9.17) is 9.47 Å². The molecule has 1 aliphatic rings. The lowest BCUT2D eigenvalue weighted by atomic mass is 9.98. The van der Waals surface area contributed by atoms with Crippen molar-refractivity contribution < 1.29 is 9.47 Å². The van der Waals surface area contributed by atoms with E-state index in [0.717, 1.165) is 44.9 Å². The second kappa shape index (κ2) is 7.39. The van der Waals surface area contributed by atoms with Crippen LogP contribution in [0.5, 0.6) is 5.75 Å². The Morgan fingerprint density at radius 3 is 2.83 bits per heavy atom. The van der Waals surface area contributed by atoms with Gasteiger partial charge in [-0.15, -0.1) is 0 Å². The van der Waals surface area contributed by atoms with E-state index in [9.17, 15) is 0 Å². The maximum Gasteiger partial charge on any atom is 0.119 e. The molecule has 18 heavy (non-hydrogen) atoms. The van der Waals surface area contributed by atoms with Gasteiger partial charge in [0.15, 0.2) is 0 Å². The van der Waals surface area contributed by atoms with Crippen LogP contribution in [0.4, 0.5) is 0 Å². The maximum atomic E-state index is 5.80. The first kappa shape index (κ1) is 13.4. The first-order valence-electron chi connectivity index (χ1n) is 6.88. The first-order valence-corrected chi connectivity index (χ1v) is 6.88. The summed E-state index contributed by atoms with van der Waals surface area (Å²) in [5.74, 6) is 1.50. The molecule has 1 N–H and O–H groups in total. The van der Waals surface area contributed by atoms with Gasteiger partial charge in [0.25, 0.3) is 0 Å². The molecule has 0 amide bonds. The van der Waals surface area contributed by atoms with Crippen LogP contribution in [0.25, 0.3) is 0 Å². The van der Waals surface area contributed by atoms with Crippen molar-refractivity contribution in [2.45, 2.75) is 25.9 Å². The summed E-state index contributed by atoms with van der Waals surface area (Å²) in [5.41, 5.74) is 0. The molecule has 2 rings (SSSR count). The number of nitrogens with one attached hydrogen (secondary N) is 1. The summed E-state index contributed by atoms with van der Waals surface area (Å²) in [6, 6.07) is 10.0. The minimum absolute atomic E-state index is 0.350. The lowest BCUT2D eigenvalue weighted by Crippen LogP contribution is -2.42. The zero-order chi connectivity index (χ0) is 12.6. The van der Waals surface area contributed by atoms with Crippen molar-refractivity contribution in [3.63, 3.8) is 0 Å². The van der Waals surface area contributed by atoms with Gasteiger partial charge in [-0.1, -0.05) is 25.1 Å². The van der Waals surface area contributed by atoms with Crippen LogP contribution in [-0.4, -0.2) is 32.4 Å². The summed E-state index contributed by atoms with van der Waals surface area (Å²) in [7, 11) is 0. The van der Waals surface area contributed by atoms with Crippen LogP contribution < -0.4 is 10.1 Å². The van der Waals surface area contributed by atoms with Gasteiger partial charge in [0, 0.05) is 25.6 Å². The van der Waals surface area contributed by atoms with Crippen molar-refractivity contribution in [3.8, 4) is 5.75 Å². The molecule has 3 nitrogen and oxygen atoms in total. The summed E-state index contributed by atoms with van der Waals surface area (Å²) < 4.78 is 11.6. The Morgan fingerprint density at radius 2 is 2.06 bits per heavy atom. The minimum atomic E-state index is 0.350. The highest BCUT2D eigenvalue weighted by atomic mass is 16.5. The highest BCUT2D eigenvalue weighted by Crippen LogP contribution is 2.16. The van der Waals surface area contributed by atoms with Crippen molar-refractivity contribution in [3.05, 3.63) is 30.3 Å². The zero-order valence-corrected chi connectivity index (χ0v) is 11.1. The van der Waals surface area contributed by atoms with E-state index in [1.54, 1.807) is 0 Å². The van der Waals surface area contributed by atoms with Crippen molar-refractivity contribution in [2.24, 2.45) is 5.92 Å². The fraction of sp³-hybridized carbons (Fsp3) is 0.600. The number of benzene rings is 1. The quantitative estimate of drug-likeness (QED) is 0.840. The topological polar surface area (TPSA) is 30.5 Å². The SMILES string of the molecule is CCCOC1CNCC(COc2ccccc2)C1. The van der Waals surface area contributed by atoms with E-state index < -0.39 is 0 Å². The number of hydrogen-bond acceptors (Lipinski definition) is 3. The predicted octanol–water partition coefficient (Wildman–Crippen LogP) is 2.47. The summed E-state index contributed by atoms with van der Waals surface area (Å²) in [5, 5.41) is 3.43. The van der Waals surface area contributed by atoms with Crippen LogP contribution in [0.3, 0.4) is 0 Å². The molecular formula is C15H23NO2. The Morgan fingerprint density at radius 1 is 1.22 bits per heavy atom. The van der Waals surface area contributed by atoms with E-state index in [2.05, 4.69) is 12.2 Å². The molecule has 0 aromatic heterocycles. The monoisotopic (exact) mass is 249 g/mol. The van der Waals surface area contributed by atoms with Gasteiger partial charge >= 0.3 is 0 Å². The Hall–Kier alpha value is -1.06. The average Bonchev–Trinajstić information content (AvgIpc) is 2.44. The predicted molar refractivity (Wildman–Crippen MR) is 72.9 cm³/mol. The molecule has 2 atom stereocenters. The fourth-order valence-electron chi connectivity index (χ4n) is 2.26. The number of ether oxygens (including phenoxy) is 2. The highest BCUT2D eigenvalue weighted by molar-refractivity contribution is 5.20. The molecule has 2 unspecified atom stereocenters. The third-order valence-corrected chi connectivity index (χ3v) is 3.19. The Bertz CT molecular complexity index is 329. The molecule has 1 heterocycles. The maximum absolute atomic E-state index is 5.80. The Kier molecular flexibility index (Phi) is 5.49. The molecule has 0 aliphatic carbocycles. The van der Waals surface area contributed by atoms with Gasteiger partial charge in [-0.25, -0.2) is 0 Å². The second-order valence-electron chi connectivity index (χ2n) is 4.88. The smallest absolute Gasteiger partial charge is 0.119 e. The van der Waals surface area contributed by atoms with Gasteiger partial charge in [0.2, 0.25) is 0 Å². The van der Waals surface area contributed by atoms with Gasteiger partial charge in [0.1, 0.15) is 5.75 Å². The van der Waals surface area contributed by atoms with E-state index in [-0.39, 0.29) is 0 Å². The number of piperidine rings is 1. The average molecular weight is 249 g/mol. The van der Waals surface area contributed by atoms with Gasteiger partial charge in [-0.3, -0.25) is 0 Å². The molecule has 100 valence electrons. The van der Waals surface area contributed by atoms with Crippen molar-refractivity contribution in [1.29, 1.82) is 0 Å². The van der Waals surface area contributed by atoms with Crippen molar-refractivity contribution in [2.75, 3.05) is 26.3 Å². The molecule has 1 fully saturated rings. The molecular weight excluding hydrogens is 226 g/mol. The molecule has 1 saturated heterocycles. The van der Waals surface area contributed by atoms with Crippen molar-refractivity contribution >= 4 is 0 Å². The number of rotatable bonds is 6. The van der Waals surface area contributed by atoms with Crippen LogP contribution in [0.15, 0.2) is 30.3 Å². The van der Waals surface area contributed by atoms with Gasteiger partial charge in [-0.2, -0.15) is 0 Å². The molecule has 0 spiro atoms. The second-order valence-corrected chi connectivity index (χ2v) is 4.88. The number of para-hydroxylation sites is 1. The van der Waals surface area contributed by atoms with Gasteiger partial charge in [-0.05, 0) is 25.0 Å². The third kappa shape index (κ3) is 4.31. The van der Waals surface area contributed by atoms with Crippen LogP contribution in [0, 0.1) is 5.92 Å². The zero-order valence-electron chi connectivity index (χ0n) is 11.1.